The van der Waals surface area contributed by atoms with E-state index in [2.05, 4.69) is 5.92 Å². The van der Waals surface area contributed by atoms with E-state index in [0.29, 0.717) is 6.42 Å². The van der Waals surface area contributed by atoms with Crippen LogP contribution in [0.15, 0.2) is 0 Å². The van der Waals surface area contributed by atoms with Gasteiger partial charge in [-0.05, 0) is 0 Å². The minimum atomic E-state index is -0.181. The lowest BCUT2D eigenvalue weighted by molar-refractivity contribution is 0.0528. The molecule has 0 aromatic rings. The van der Waals surface area contributed by atoms with Gasteiger partial charge in [-0.15, -0.1) is 12.3 Å². The Morgan fingerprint density at radius 2 is 2.50 bits per heavy atom. The lowest BCUT2D eigenvalue weighted by Crippen LogP contribution is -2.13. The molecule has 0 saturated heterocycles. The molecule has 0 aliphatic heterocycles. The van der Waals surface area contributed by atoms with Gasteiger partial charge in [-0.25, -0.2) is 0 Å². The standard InChI is InChI=1S/C6H10O2/c1-3-4-6(5-7)8-2/h1,6-7H,4-5H2,2H3/t6-/m0/s1. The maximum absolute atomic E-state index is 8.44. The number of ether oxygens (including phenoxy) is 1. The minimum Gasteiger partial charge on any atom is -0.394 e. The molecule has 0 unspecified atom stereocenters. The first-order valence-corrected chi connectivity index (χ1v) is 2.42. The zero-order valence-corrected chi connectivity index (χ0v) is 4.92. The van der Waals surface area contributed by atoms with Crippen molar-refractivity contribution in [3.63, 3.8) is 0 Å². The number of hydrogen-bond acceptors (Lipinski definition) is 2. The van der Waals surface area contributed by atoms with Crippen LogP contribution in [0.2, 0.25) is 0 Å². The van der Waals surface area contributed by atoms with Crippen LogP contribution >= 0.6 is 0 Å². The molecule has 0 amide bonds. The van der Waals surface area contributed by atoms with Gasteiger partial charge in [0.1, 0.15) is 0 Å². The maximum atomic E-state index is 8.44. The summed E-state index contributed by atoms with van der Waals surface area (Å²) in [6.07, 6.45) is 5.24. The van der Waals surface area contributed by atoms with E-state index in [0.717, 1.165) is 0 Å². The summed E-state index contributed by atoms with van der Waals surface area (Å²) in [5.41, 5.74) is 0. The Hall–Kier alpha value is -0.520. The van der Waals surface area contributed by atoms with Crippen LogP contribution in [0.1, 0.15) is 6.42 Å². The van der Waals surface area contributed by atoms with E-state index in [1.807, 2.05) is 0 Å². The van der Waals surface area contributed by atoms with Crippen molar-refractivity contribution in [2.24, 2.45) is 0 Å². The molecule has 0 aromatic heterocycles. The highest BCUT2D eigenvalue weighted by Crippen LogP contribution is 1.91. The van der Waals surface area contributed by atoms with Gasteiger partial charge in [0.2, 0.25) is 0 Å². The average molecular weight is 114 g/mol. The lowest BCUT2D eigenvalue weighted by Gasteiger charge is -2.05. The fourth-order valence-corrected chi connectivity index (χ4v) is 0.354. The second-order valence-corrected chi connectivity index (χ2v) is 1.45. The Labute approximate surface area is 49.5 Å². The molecule has 1 N–H and O–H groups in total. The van der Waals surface area contributed by atoms with E-state index in [1.165, 1.54) is 7.11 Å². The summed E-state index contributed by atoms with van der Waals surface area (Å²) in [4.78, 5) is 0. The van der Waals surface area contributed by atoms with Crippen LogP contribution < -0.4 is 0 Å². The van der Waals surface area contributed by atoms with Gasteiger partial charge >= 0.3 is 0 Å². The van der Waals surface area contributed by atoms with Crippen LogP contribution in [0, 0.1) is 12.3 Å². The smallest absolute Gasteiger partial charge is 0.0910 e. The predicted octanol–water partition coefficient (Wildman–Crippen LogP) is 0.0170. The number of methoxy groups -OCH3 is 1. The predicted molar refractivity (Wildman–Crippen MR) is 31.3 cm³/mol. The second-order valence-electron chi connectivity index (χ2n) is 1.45. The first kappa shape index (κ1) is 7.48. The molecule has 0 aliphatic rings. The number of rotatable bonds is 3. The van der Waals surface area contributed by atoms with Crippen LogP contribution in [0.25, 0.3) is 0 Å². The number of terminal acetylenes is 1. The van der Waals surface area contributed by atoms with Gasteiger partial charge in [0, 0.05) is 13.5 Å². The summed E-state index contributed by atoms with van der Waals surface area (Å²) in [7, 11) is 1.53. The van der Waals surface area contributed by atoms with Gasteiger partial charge in [-0.1, -0.05) is 0 Å². The van der Waals surface area contributed by atoms with Crippen molar-refractivity contribution in [2.45, 2.75) is 12.5 Å². The summed E-state index contributed by atoms with van der Waals surface area (Å²) in [5, 5.41) is 8.44. The molecule has 8 heavy (non-hydrogen) atoms. The fraction of sp³-hybridized carbons (Fsp3) is 0.667. The van der Waals surface area contributed by atoms with E-state index >= 15 is 0 Å². The molecule has 1 atom stereocenters. The van der Waals surface area contributed by atoms with Crippen molar-refractivity contribution < 1.29 is 9.84 Å². The molecule has 0 bridgehead atoms. The van der Waals surface area contributed by atoms with Crippen LogP contribution in [0.5, 0.6) is 0 Å². The molecule has 0 rings (SSSR count). The molecule has 46 valence electrons. The second kappa shape index (κ2) is 4.63. The minimum absolute atomic E-state index is 0.000694. The average Bonchev–Trinajstić information content (AvgIpc) is 1.83. The van der Waals surface area contributed by atoms with E-state index in [9.17, 15) is 0 Å². The molecule has 0 aromatic carbocycles. The number of aliphatic hydroxyl groups is 1. The Balaban J connectivity index is 3.25. The van der Waals surface area contributed by atoms with Crippen LogP contribution in [-0.4, -0.2) is 24.9 Å². The quantitative estimate of drug-likeness (QED) is 0.524. The van der Waals surface area contributed by atoms with E-state index in [-0.39, 0.29) is 12.7 Å². The third kappa shape index (κ3) is 2.62. The molecular formula is C6H10O2. The third-order valence-electron chi connectivity index (χ3n) is 0.882. The van der Waals surface area contributed by atoms with Crippen molar-refractivity contribution in [3.8, 4) is 12.3 Å². The van der Waals surface area contributed by atoms with Gasteiger partial charge in [-0.2, -0.15) is 0 Å². The lowest BCUT2D eigenvalue weighted by atomic mass is 10.3. The van der Waals surface area contributed by atoms with Gasteiger partial charge < -0.3 is 9.84 Å². The number of hydrogen-bond donors (Lipinski definition) is 1. The van der Waals surface area contributed by atoms with Crippen LogP contribution in [-0.2, 0) is 4.74 Å². The van der Waals surface area contributed by atoms with Gasteiger partial charge in [0.15, 0.2) is 0 Å². The Morgan fingerprint density at radius 1 is 1.88 bits per heavy atom. The molecule has 2 heteroatoms. The van der Waals surface area contributed by atoms with Crippen molar-refractivity contribution in [1.82, 2.24) is 0 Å². The Kier molecular flexibility index (Phi) is 4.33. The monoisotopic (exact) mass is 114 g/mol. The van der Waals surface area contributed by atoms with Crippen molar-refractivity contribution in [2.75, 3.05) is 13.7 Å². The zero-order valence-electron chi connectivity index (χ0n) is 4.92. The van der Waals surface area contributed by atoms with Crippen molar-refractivity contribution in [3.05, 3.63) is 0 Å². The highest BCUT2D eigenvalue weighted by Gasteiger charge is 1.99. The molecule has 0 aliphatic carbocycles. The van der Waals surface area contributed by atoms with Crippen molar-refractivity contribution >= 4 is 0 Å². The molecular weight excluding hydrogens is 104 g/mol. The van der Waals surface area contributed by atoms with E-state index in [4.69, 9.17) is 16.3 Å². The van der Waals surface area contributed by atoms with Gasteiger partial charge in [0.25, 0.3) is 0 Å². The molecule has 0 saturated carbocycles. The third-order valence-corrected chi connectivity index (χ3v) is 0.882. The fourth-order valence-electron chi connectivity index (χ4n) is 0.354. The van der Waals surface area contributed by atoms with E-state index < -0.39 is 0 Å². The zero-order chi connectivity index (χ0) is 6.41. The van der Waals surface area contributed by atoms with Gasteiger partial charge in [-0.3, -0.25) is 0 Å². The molecule has 0 spiro atoms. The maximum Gasteiger partial charge on any atom is 0.0910 e. The first-order valence-electron chi connectivity index (χ1n) is 2.42. The summed E-state index contributed by atoms with van der Waals surface area (Å²) in [6, 6.07) is 0. The van der Waals surface area contributed by atoms with Crippen LogP contribution in [0.4, 0.5) is 0 Å². The van der Waals surface area contributed by atoms with Crippen LogP contribution in [0.3, 0.4) is 0 Å². The largest absolute Gasteiger partial charge is 0.394 e. The summed E-state index contributed by atoms with van der Waals surface area (Å²) in [5.74, 6) is 2.38. The highest BCUT2D eigenvalue weighted by atomic mass is 16.5. The summed E-state index contributed by atoms with van der Waals surface area (Å²) in [6.45, 7) is 0.000694. The normalized spacial score (nSPS) is 12.6. The number of aliphatic hydroxyl groups excluding tert-OH is 1. The highest BCUT2D eigenvalue weighted by molar-refractivity contribution is 4.86. The summed E-state index contributed by atoms with van der Waals surface area (Å²) >= 11 is 0. The molecule has 0 heterocycles. The SMILES string of the molecule is C#CC[C@@H](CO)OC. The van der Waals surface area contributed by atoms with Crippen molar-refractivity contribution in [1.29, 1.82) is 0 Å². The first-order chi connectivity index (χ1) is 3.85. The summed E-state index contributed by atoms with van der Waals surface area (Å²) < 4.78 is 4.75. The molecule has 0 fully saturated rings. The van der Waals surface area contributed by atoms with Gasteiger partial charge in [0.05, 0.1) is 12.7 Å². The Morgan fingerprint density at radius 3 is 2.62 bits per heavy atom. The van der Waals surface area contributed by atoms with E-state index in [1.54, 1.807) is 0 Å². The molecule has 2 nitrogen and oxygen atoms in total. The Bertz CT molecular complexity index is 79.0. The topological polar surface area (TPSA) is 29.5 Å². The molecule has 0 radical (unpaired) electrons.